The van der Waals surface area contributed by atoms with E-state index < -0.39 is 0 Å². The molecule has 0 spiro atoms. The first-order chi connectivity index (χ1) is 4.60. The van der Waals surface area contributed by atoms with E-state index in [1.54, 1.807) is 23.0 Å². The number of carbonyl (C=O) groups excluding carboxylic acids is 1. The lowest BCUT2D eigenvalue weighted by Gasteiger charge is -2.21. The lowest BCUT2D eigenvalue weighted by molar-refractivity contribution is -0.142. The Kier molecular flexibility index (Phi) is 4.24. The summed E-state index contributed by atoms with van der Waals surface area (Å²) in [5.41, 5.74) is -0.277. The van der Waals surface area contributed by atoms with Gasteiger partial charge in [-0.25, -0.2) is 0 Å². The summed E-state index contributed by atoms with van der Waals surface area (Å²) < 4.78 is 4.63. The third-order valence-corrected chi connectivity index (χ3v) is 2.52. The van der Waals surface area contributed by atoms with Gasteiger partial charge in [-0.05, 0) is 19.8 Å². The zero-order valence-electron chi connectivity index (χ0n) is 6.61. The molecular formula is C7H13IO2. The van der Waals surface area contributed by atoms with Gasteiger partial charge in [-0.1, -0.05) is 13.8 Å². The Morgan fingerprint density at radius 3 is 2.00 bits per heavy atom. The van der Waals surface area contributed by atoms with E-state index >= 15 is 0 Å². The van der Waals surface area contributed by atoms with E-state index in [1.165, 1.54) is 0 Å². The molecule has 0 amide bonds. The van der Waals surface area contributed by atoms with E-state index in [4.69, 9.17) is 0 Å². The molecular weight excluding hydrogens is 243 g/mol. The van der Waals surface area contributed by atoms with Gasteiger partial charge in [0.1, 0.15) is 0 Å². The summed E-state index contributed by atoms with van der Waals surface area (Å²) in [5, 5.41) is 0. The van der Waals surface area contributed by atoms with Crippen LogP contribution in [0.2, 0.25) is 0 Å². The van der Waals surface area contributed by atoms with Gasteiger partial charge < -0.3 is 3.07 Å². The van der Waals surface area contributed by atoms with Gasteiger partial charge in [-0.2, -0.15) is 0 Å². The molecule has 0 aliphatic carbocycles. The Morgan fingerprint density at radius 2 is 1.90 bits per heavy atom. The molecule has 2 nitrogen and oxygen atoms in total. The van der Waals surface area contributed by atoms with Crippen molar-refractivity contribution in [1.29, 1.82) is 0 Å². The molecule has 0 saturated heterocycles. The smallest absolute Gasteiger partial charge is 0.321 e. The second-order valence-corrected chi connectivity index (χ2v) is 3.07. The first-order valence-corrected chi connectivity index (χ1v) is 4.31. The predicted molar refractivity (Wildman–Crippen MR) is 48.8 cm³/mol. The van der Waals surface area contributed by atoms with Crippen molar-refractivity contribution in [1.82, 2.24) is 0 Å². The monoisotopic (exact) mass is 256 g/mol. The fraction of sp³-hybridized carbons (Fsp3) is 0.857. The van der Waals surface area contributed by atoms with Gasteiger partial charge in [0, 0.05) is 0 Å². The Labute approximate surface area is 76.0 Å². The highest BCUT2D eigenvalue weighted by molar-refractivity contribution is 14.1. The summed E-state index contributed by atoms with van der Waals surface area (Å²) >= 11 is 1.64. The third-order valence-electron chi connectivity index (χ3n) is 2.12. The fourth-order valence-corrected chi connectivity index (χ4v) is 1.16. The number of halogens is 1. The van der Waals surface area contributed by atoms with Crippen LogP contribution in [0.25, 0.3) is 0 Å². The average molecular weight is 256 g/mol. The molecule has 0 saturated carbocycles. The van der Waals surface area contributed by atoms with Gasteiger partial charge >= 0.3 is 5.97 Å². The first kappa shape index (κ1) is 10.2. The average Bonchev–Trinajstić information content (AvgIpc) is 2.01. The van der Waals surface area contributed by atoms with Gasteiger partial charge in [0.2, 0.25) is 0 Å². The molecule has 3 heteroatoms. The van der Waals surface area contributed by atoms with Crippen molar-refractivity contribution in [2.24, 2.45) is 5.41 Å². The van der Waals surface area contributed by atoms with E-state index in [-0.39, 0.29) is 11.4 Å². The SMILES string of the molecule is CCC(C)(CC)C(=O)OI. The molecule has 0 atom stereocenters. The molecule has 0 aliphatic rings. The van der Waals surface area contributed by atoms with Crippen LogP contribution < -0.4 is 0 Å². The zero-order valence-corrected chi connectivity index (χ0v) is 8.77. The normalized spacial score (nSPS) is 11.2. The molecule has 0 aromatic heterocycles. The molecule has 0 unspecified atom stereocenters. The van der Waals surface area contributed by atoms with Crippen molar-refractivity contribution in [2.75, 3.05) is 0 Å². The minimum absolute atomic E-state index is 0.113. The zero-order chi connectivity index (χ0) is 8.20. The van der Waals surface area contributed by atoms with Gasteiger partial charge in [-0.3, -0.25) is 4.79 Å². The predicted octanol–water partition coefficient (Wildman–Crippen LogP) is 2.71. The molecule has 0 bridgehead atoms. The topological polar surface area (TPSA) is 26.3 Å². The Hall–Kier alpha value is 0.200. The van der Waals surface area contributed by atoms with Crippen molar-refractivity contribution >= 4 is 29.0 Å². The molecule has 0 N–H and O–H groups in total. The van der Waals surface area contributed by atoms with E-state index in [0.29, 0.717) is 0 Å². The second kappa shape index (κ2) is 4.16. The van der Waals surface area contributed by atoms with Crippen molar-refractivity contribution in [3.05, 3.63) is 0 Å². The number of rotatable bonds is 3. The van der Waals surface area contributed by atoms with Gasteiger partial charge in [0.15, 0.2) is 23.0 Å². The maximum Gasteiger partial charge on any atom is 0.321 e. The highest BCUT2D eigenvalue weighted by Crippen LogP contribution is 2.27. The first-order valence-electron chi connectivity index (χ1n) is 3.43. The van der Waals surface area contributed by atoms with Gasteiger partial charge in [0.25, 0.3) is 0 Å². The van der Waals surface area contributed by atoms with Crippen LogP contribution in [0.15, 0.2) is 0 Å². The lowest BCUT2D eigenvalue weighted by atomic mass is 9.85. The minimum Gasteiger partial charge on any atom is -0.394 e. The molecule has 0 rings (SSSR count). The summed E-state index contributed by atoms with van der Waals surface area (Å²) in [4.78, 5) is 11.1. The minimum atomic E-state index is -0.277. The van der Waals surface area contributed by atoms with E-state index in [0.717, 1.165) is 12.8 Å². The van der Waals surface area contributed by atoms with Crippen LogP contribution in [0, 0.1) is 5.41 Å². The quantitative estimate of drug-likeness (QED) is 0.725. The third kappa shape index (κ3) is 2.11. The summed E-state index contributed by atoms with van der Waals surface area (Å²) in [7, 11) is 0. The molecule has 0 heterocycles. The van der Waals surface area contributed by atoms with Crippen LogP contribution in [-0.2, 0) is 7.86 Å². The molecule has 0 aromatic rings. The van der Waals surface area contributed by atoms with Crippen LogP contribution in [0.3, 0.4) is 0 Å². The standard InChI is InChI=1S/C7H13IO2/c1-4-7(3,5-2)6(9)10-8/h4-5H2,1-3H3. The summed E-state index contributed by atoms with van der Waals surface area (Å²) in [6.07, 6.45) is 1.68. The molecule has 0 radical (unpaired) electrons. The van der Waals surface area contributed by atoms with Crippen LogP contribution in [-0.4, -0.2) is 5.97 Å². The fourth-order valence-electron chi connectivity index (χ4n) is 0.632. The maximum atomic E-state index is 11.1. The molecule has 0 fully saturated rings. The van der Waals surface area contributed by atoms with Crippen LogP contribution in [0.1, 0.15) is 33.6 Å². The van der Waals surface area contributed by atoms with Crippen molar-refractivity contribution in [2.45, 2.75) is 33.6 Å². The van der Waals surface area contributed by atoms with Crippen molar-refractivity contribution in [3.63, 3.8) is 0 Å². The molecule has 10 heavy (non-hydrogen) atoms. The summed E-state index contributed by atoms with van der Waals surface area (Å²) in [6.45, 7) is 5.92. The maximum absolute atomic E-state index is 11.1. The van der Waals surface area contributed by atoms with E-state index in [2.05, 4.69) is 3.07 Å². The molecule has 60 valence electrons. The molecule has 0 aromatic carbocycles. The van der Waals surface area contributed by atoms with Crippen molar-refractivity contribution < 1.29 is 7.86 Å². The van der Waals surface area contributed by atoms with E-state index in [9.17, 15) is 4.79 Å². The van der Waals surface area contributed by atoms with Crippen LogP contribution >= 0.6 is 23.0 Å². The van der Waals surface area contributed by atoms with Crippen LogP contribution in [0.5, 0.6) is 0 Å². The summed E-state index contributed by atoms with van der Waals surface area (Å²) in [5.74, 6) is -0.113. The Balaban J connectivity index is 4.17. The second-order valence-electron chi connectivity index (χ2n) is 2.63. The van der Waals surface area contributed by atoms with Gasteiger partial charge in [-0.15, -0.1) is 0 Å². The van der Waals surface area contributed by atoms with Crippen molar-refractivity contribution in [3.8, 4) is 0 Å². The lowest BCUT2D eigenvalue weighted by Crippen LogP contribution is -2.25. The highest BCUT2D eigenvalue weighted by Gasteiger charge is 2.30. The number of hydrogen-bond acceptors (Lipinski definition) is 2. The number of hydrogen-bond donors (Lipinski definition) is 0. The molecule has 0 aliphatic heterocycles. The highest BCUT2D eigenvalue weighted by atomic mass is 127. The van der Waals surface area contributed by atoms with Gasteiger partial charge in [0.05, 0.1) is 5.41 Å². The summed E-state index contributed by atoms with van der Waals surface area (Å²) in [6, 6.07) is 0. The van der Waals surface area contributed by atoms with Crippen LogP contribution in [0.4, 0.5) is 0 Å². The Bertz CT molecular complexity index is 119. The Morgan fingerprint density at radius 1 is 1.50 bits per heavy atom. The largest absolute Gasteiger partial charge is 0.394 e. The van der Waals surface area contributed by atoms with E-state index in [1.807, 2.05) is 20.8 Å². The number of carbonyl (C=O) groups is 1.